The topological polar surface area (TPSA) is 150 Å². The normalized spacial score (nSPS) is 28.2. The number of para-hydroxylation sites is 1. The zero-order chi connectivity index (χ0) is 35.5. The fraction of sp³-hybridized carbons (Fsp3) is 0.676. The van der Waals surface area contributed by atoms with Gasteiger partial charge in [0.2, 0.25) is 17.6 Å². The van der Waals surface area contributed by atoms with Crippen molar-refractivity contribution in [2.45, 2.75) is 115 Å². The molecule has 3 N–H and O–H groups in total. The van der Waals surface area contributed by atoms with Crippen molar-refractivity contribution in [2.75, 3.05) is 20.4 Å². The molecule has 270 valence electrons. The van der Waals surface area contributed by atoms with Crippen molar-refractivity contribution < 1.29 is 42.2 Å². The summed E-state index contributed by atoms with van der Waals surface area (Å²) < 4.78 is 36.6. The Labute approximate surface area is 287 Å². The molecule has 0 spiro atoms. The number of primary amides is 1. The number of ether oxygens (including phenoxy) is 3. The first-order valence-corrected chi connectivity index (χ1v) is 17.7. The highest BCUT2D eigenvalue weighted by Gasteiger charge is 2.53. The van der Waals surface area contributed by atoms with Crippen LogP contribution in [0.5, 0.6) is 0 Å². The van der Waals surface area contributed by atoms with Gasteiger partial charge in [-0.05, 0) is 109 Å². The number of amides is 3. The van der Waals surface area contributed by atoms with Gasteiger partial charge in [-0.15, -0.1) is 0 Å². The number of nitrogens with two attached hydrogens (primary N) is 1. The number of nitrogens with one attached hydrogen (secondary N) is 1. The number of nitrogens with zero attached hydrogens (tertiary/aromatic N) is 1. The van der Waals surface area contributed by atoms with Gasteiger partial charge in [0.1, 0.15) is 23.9 Å². The van der Waals surface area contributed by atoms with Gasteiger partial charge in [0.25, 0.3) is 0 Å². The monoisotopic (exact) mass is 685 g/mol. The minimum atomic E-state index is -0.879. The molecule has 2 unspecified atom stereocenters. The lowest BCUT2D eigenvalue weighted by Crippen LogP contribution is -2.51. The van der Waals surface area contributed by atoms with E-state index < -0.39 is 54.3 Å². The van der Waals surface area contributed by atoms with Crippen molar-refractivity contribution >= 4 is 34.8 Å². The van der Waals surface area contributed by atoms with Crippen molar-refractivity contribution in [2.24, 2.45) is 29.4 Å². The maximum atomic E-state index is 14.8. The molecule has 0 bridgehead atoms. The van der Waals surface area contributed by atoms with Crippen LogP contribution >= 0.6 is 0 Å². The van der Waals surface area contributed by atoms with Crippen LogP contribution in [0.1, 0.15) is 108 Å². The van der Waals surface area contributed by atoms with E-state index in [0.717, 1.165) is 25.7 Å². The second kappa shape index (κ2) is 15.5. The third kappa shape index (κ3) is 8.05. The van der Waals surface area contributed by atoms with Crippen LogP contribution < -0.4 is 11.1 Å². The average Bonchev–Trinajstić information content (AvgIpc) is 3.66. The molecule has 3 amide bonds. The molecule has 1 aromatic carbocycles. The molecule has 12 heteroatoms. The van der Waals surface area contributed by atoms with Crippen molar-refractivity contribution in [1.29, 1.82) is 0 Å². The second-order valence-electron chi connectivity index (χ2n) is 14.9. The van der Waals surface area contributed by atoms with Gasteiger partial charge in [-0.2, -0.15) is 0 Å². The minimum absolute atomic E-state index is 0.0283. The summed E-state index contributed by atoms with van der Waals surface area (Å²) in [6.07, 6.45) is 5.20. The van der Waals surface area contributed by atoms with Crippen molar-refractivity contribution in [3.8, 4) is 0 Å². The first kappa shape index (κ1) is 36.6. The average molecular weight is 686 g/mol. The van der Waals surface area contributed by atoms with Gasteiger partial charge in [0.15, 0.2) is 0 Å². The molecule has 5 rings (SSSR count). The number of halogens is 1. The van der Waals surface area contributed by atoms with E-state index in [1.165, 1.54) is 0 Å². The van der Waals surface area contributed by atoms with E-state index in [1.807, 2.05) is 18.2 Å². The number of methoxy groups -OCH3 is 1. The Morgan fingerprint density at radius 3 is 2.31 bits per heavy atom. The number of carbonyl (C=O) groups excluding carboxylic acids is 4. The van der Waals surface area contributed by atoms with Crippen LogP contribution in [0.2, 0.25) is 0 Å². The van der Waals surface area contributed by atoms with Crippen LogP contribution in [-0.4, -0.2) is 73.0 Å². The predicted molar refractivity (Wildman–Crippen MR) is 180 cm³/mol. The molecule has 2 saturated carbocycles. The number of likely N-dealkylation sites (tertiary alicyclic amines) is 1. The van der Waals surface area contributed by atoms with Gasteiger partial charge in [0, 0.05) is 24.0 Å². The number of benzene rings is 1. The van der Waals surface area contributed by atoms with E-state index in [0.29, 0.717) is 48.6 Å². The maximum Gasteiger partial charge on any atom is 0.407 e. The quantitative estimate of drug-likeness (QED) is 0.280. The SMILES string of the molecule is CCOC(=O)c1oc2ccccc2c1C1C[C@@H](C2CCC(OC)CC2)[C@@H](C(N)=O)N1C(=O)[C@H]1CC[C@H](C(CF)NC(=O)OC(C)(C)C)CC1. The summed E-state index contributed by atoms with van der Waals surface area (Å²) in [5.41, 5.74) is 6.49. The summed E-state index contributed by atoms with van der Waals surface area (Å²) in [6.45, 7) is 6.34. The van der Waals surface area contributed by atoms with Crippen molar-refractivity contribution in [3.05, 3.63) is 35.6 Å². The highest BCUT2D eigenvalue weighted by molar-refractivity contribution is 5.98. The largest absolute Gasteiger partial charge is 0.460 e. The fourth-order valence-electron chi connectivity index (χ4n) is 8.46. The summed E-state index contributed by atoms with van der Waals surface area (Å²) >= 11 is 0. The molecule has 11 nitrogen and oxygen atoms in total. The molecular weight excluding hydrogens is 633 g/mol. The van der Waals surface area contributed by atoms with Gasteiger partial charge < -0.3 is 34.6 Å². The number of alkyl carbamates (subject to hydrolysis) is 1. The van der Waals surface area contributed by atoms with E-state index in [4.69, 9.17) is 24.4 Å². The summed E-state index contributed by atoms with van der Waals surface area (Å²) in [4.78, 5) is 55.6. The molecule has 1 saturated heterocycles. The van der Waals surface area contributed by atoms with Gasteiger partial charge in [0.05, 0.1) is 24.8 Å². The number of hydrogen-bond donors (Lipinski definition) is 2. The molecule has 1 aromatic heterocycles. The van der Waals surface area contributed by atoms with Gasteiger partial charge in [-0.25, -0.2) is 14.0 Å². The summed E-state index contributed by atoms with van der Waals surface area (Å²) in [6, 6.07) is 5.02. The third-order valence-corrected chi connectivity index (χ3v) is 10.7. The van der Waals surface area contributed by atoms with E-state index in [1.54, 1.807) is 45.8 Å². The molecule has 2 heterocycles. The second-order valence-corrected chi connectivity index (χ2v) is 14.9. The van der Waals surface area contributed by atoms with Crippen LogP contribution in [0.15, 0.2) is 28.7 Å². The lowest BCUT2D eigenvalue weighted by atomic mass is 9.74. The minimum Gasteiger partial charge on any atom is -0.460 e. The molecule has 49 heavy (non-hydrogen) atoms. The van der Waals surface area contributed by atoms with Crippen molar-refractivity contribution in [1.82, 2.24) is 10.2 Å². The Balaban J connectivity index is 1.46. The van der Waals surface area contributed by atoms with Gasteiger partial charge in [-0.3, -0.25) is 9.59 Å². The Morgan fingerprint density at radius 1 is 1.04 bits per heavy atom. The summed E-state index contributed by atoms with van der Waals surface area (Å²) in [7, 11) is 1.71. The van der Waals surface area contributed by atoms with Crippen molar-refractivity contribution in [3.63, 3.8) is 0 Å². The number of furan rings is 1. The highest BCUT2D eigenvalue weighted by atomic mass is 19.1. The standard InChI is InChI=1S/C37H52FN3O8/c1-6-47-35(44)32-30(25-9-7-8-10-29(25)48-32)28-19-26(21-15-17-24(46-5)18-16-21)31(33(39)42)41(28)34(43)23-13-11-22(12-14-23)27(20-38)40-36(45)49-37(2,3)4/h7-10,21-24,26-28,31H,6,11-20H2,1-5H3,(H2,39,42)(H,40,45)/t21?,22-,23-,24?,26-,27?,28?,31-/m0/s1. The lowest BCUT2D eigenvalue weighted by molar-refractivity contribution is -0.145. The van der Waals surface area contributed by atoms with Crippen LogP contribution in [0.4, 0.5) is 9.18 Å². The van der Waals surface area contributed by atoms with E-state index in [-0.39, 0.29) is 42.1 Å². The van der Waals surface area contributed by atoms with E-state index in [2.05, 4.69) is 5.32 Å². The van der Waals surface area contributed by atoms with Gasteiger partial charge >= 0.3 is 12.1 Å². The van der Waals surface area contributed by atoms with E-state index >= 15 is 0 Å². The van der Waals surface area contributed by atoms with Crippen LogP contribution in [0, 0.1) is 23.7 Å². The molecular formula is C37H52FN3O8. The number of rotatable bonds is 10. The zero-order valence-electron chi connectivity index (χ0n) is 29.4. The first-order valence-electron chi connectivity index (χ1n) is 17.7. The number of fused-ring (bicyclic) bond motifs is 1. The Kier molecular flexibility index (Phi) is 11.6. The molecule has 2 aromatic rings. The summed E-state index contributed by atoms with van der Waals surface area (Å²) in [5, 5.41) is 3.36. The maximum absolute atomic E-state index is 14.8. The van der Waals surface area contributed by atoms with Gasteiger partial charge in [-0.1, -0.05) is 18.2 Å². The molecule has 3 fully saturated rings. The third-order valence-electron chi connectivity index (χ3n) is 10.7. The number of carbonyl (C=O) groups is 4. The van der Waals surface area contributed by atoms with Crippen LogP contribution in [0.25, 0.3) is 11.0 Å². The number of alkyl halides is 1. The Bertz CT molecular complexity index is 1490. The van der Waals surface area contributed by atoms with Crippen LogP contribution in [0.3, 0.4) is 0 Å². The van der Waals surface area contributed by atoms with Crippen LogP contribution in [-0.2, 0) is 23.8 Å². The first-order chi connectivity index (χ1) is 23.4. The highest BCUT2D eigenvalue weighted by Crippen LogP contribution is 2.51. The zero-order valence-corrected chi connectivity index (χ0v) is 29.4. The van der Waals surface area contributed by atoms with E-state index in [9.17, 15) is 23.6 Å². The summed E-state index contributed by atoms with van der Waals surface area (Å²) in [5.74, 6) is -2.11. The Hall–Kier alpha value is -3.67. The Morgan fingerprint density at radius 2 is 1.71 bits per heavy atom. The predicted octanol–water partition coefficient (Wildman–Crippen LogP) is 6.23. The number of esters is 1. The lowest BCUT2D eigenvalue weighted by Gasteiger charge is -2.38. The number of hydrogen-bond acceptors (Lipinski definition) is 8. The molecule has 0 radical (unpaired) electrons. The molecule has 3 aliphatic rings. The molecule has 2 aliphatic carbocycles. The molecule has 4 atom stereocenters. The smallest absolute Gasteiger partial charge is 0.407 e. The molecule has 1 aliphatic heterocycles. The fourth-order valence-corrected chi connectivity index (χ4v) is 8.46.